The van der Waals surface area contributed by atoms with Crippen molar-refractivity contribution in [3.05, 3.63) is 35.4 Å². The second kappa shape index (κ2) is 10.8. The Balaban J connectivity index is 0.00000338. The average molecular weight is 401 g/mol. The van der Waals surface area contributed by atoms with Crippen molar-refractivity contribution >= 4 is 36.0 Å². The molecule has 0 bridgehead atoms. The van der Waals surface area contributed by atoms with Gasteiger partial charge in [-0.2, -0.15) is 0 Å². The van der Waals surface area contributed by atoms with Crippen LogP contribution >= 0.6 is 24.2 Å². The number of carbonyl (C=O) groups is 2. The first kappa shape index (κ1) is 22.8. The van der Waals surface area contributed by atoms with Crippen LogP contribution in [0.2, 0.25) is 0 Å². The first-order valence-electron chi connectivity index (χ1n) is 8.82. The maximum absolute atomic E-state index is 12.1. The minimum absolute atomic E-state index is 0. The van der Waals surface area contributed by atoms with Crippen LogP contribution in [0.15, 0.2) is 24.3 Å². The lowest BCUT2D eigenvalue weighted by Crippen LogP contribution is -2.45. The molecule has 1 aromatic carbocycles. The fraction of sp³-hybridized carbons (Fsp3) is 0.579. The molecule has 5 nitrogen and oxygen atoms in total. The van der Waals surface area contributed by atoms with Crippen LogP contribution in [0.1, 0.15) is 44.2 Å². The number of carbonyl (C=O) groups excluding carboxylic acids is 1. The van der Waals surface area contributed by atoms with E-state index in [0.29, 0.717) is 17.6 Å². The maximum atomic E-state index is 12.1. The van der Waals surface area contributed by atoms with E-state index in [4.69, 9.17) is 5.11 Å². The lowest BCUT2D eigenvalue weighted by molar-refractivity contribution is -0.136. The summed E-state index contributed by atoms with van der Waals surface area (Å²) >= 11 is 1.75. The molecule has 3 atom stereocenters. The fourth-order valence-electron chi connectivity index (χ4n) is 2.95. The monoisotopic (exact) mass is 400 g/mol. The maximum Gasteiger partial charge on any atom is 0.305 e. The Morgan fingerprint density at radius 3 is 2.50 bits per heavy atom. The Kier molecular flexibility index (Phi) is 9.47. The van der Waals surface area contributed by atoms with E-state index in [1.54, 1.807) is 11.8 Å². The van der Waals surface area contributed by atoms with Gasteiger partial charge < -0.3 is 10.4 Å². The predicted molar refractivity (Wildman–Crippen MR) is 109 cm³/mol. The molecule has 1 fully saturated rings. The van der Waals surface area contributed by atoms with Crippen molar-refractivity contribution in [2.24, 2.45) is 5.92 Å². The molecule has 3 N–H and O–H groups in total. The number of carboxylic acids is 1. The quantitative estimate of drug-likeness (QED) is 0.625. The zero-order chi connectivity index (χ0) is 18.4. The van der Waals surface area contributed by atoms with Gasteiger partial charge in [0.25, 0.3) is 0 Å². The Morgan fingerprint density at radius 1 is 1.27 bits per heavy atom. The highest BCUT2D eigenvalue weighted by atomic mass is 35.5. The smallest absolute Gasteiger partial charge is 0.305 e. The molecule has 1 saturated heterocycles. The molecule has 2 unspecified atom stereocenters. The summed E-state index contributed by atoms with van der Waals surface area (Å²) < 4.78 is 0. The SMILES string of the molecule is CC(C)Cc1ccc(C(C)C2N[C@H](C(=O)NCCC(=O)O)CS2)cc1.Cl. The van der Waals surface area contributed by atoms with E-state index < -0.39 is 5.97 Å². The molecule has 0 aliphatic carbocycles. The third-order valence-electron chi connectivity index (χ3n) is 4.37. The topological polar surface area (TPSA) is 78.4 Å². The molecule has 1 aliphatic rings. The Morgan fingerprint density at radius 2 is 1.92 bits per heavy atom. The molecule has 1 amide bonds. The Labute approximate surface area is 166 Å². The van der Waals surface area contributed by atoms with Crippen LogP contribution in [0, 0.1) is 5.92 Å². The van der Waals surface area contributed by atoms with Gasteiger partial charge in [-0.05, 0) is 23.5 Å². The summed E-state index contributed by atoms with van der Waals surface area (Å²) in [6, 6.07) is 8.50. The van der Waals surface area contributed by atoms with Crippen molar-refractivity contribution in [3.8, 4) is 0 Å². The number of hydrogen-bond donors (Lipinski definition) is 3. The zero-order valence-electron chi connectivity index (χ0n) is 15.5. The molecule has 0 aromatic heterocycles. The van der Waals surface area contributed by atoms with Crippen molar-refractivity contribution < 1.29 is 14.7 Å². The number of amides is 1. The van der Waals surface area contributed by atoms with Crippen molar-refractivity contribution in [1.82, 2.24) is 10.6 Å². The van der Waals surface area contributed by atoms with Crippen LogP contribution in [0.5, 0.6) is 0 Å². The summed E-state index contributed by atoms with van der Waals surface area (Å²) in [5.41, 5.74) is 2.62. The van der Waals surface area contributed by atoms with Crippen molar-refractivity contribution in [1.29, 1.82) is 0 Å². The minimum Gasteiger partial charge on any atom is -0.481 e. The highest BCUT2D eigenvalue weighted by Gasteiger charge is 2.33. The van der Waals surface area contributed by atoms with E-state index in [0.717, 1.165) is 6.42 Å². The molecular weight excluding hydrogens is 372 g/mol. The van der Waals surface area contributed by atoms with Gasteiger partial charge in [0.05, 0.1) is 17.8 Å². The number of benzene rings is 1. The van der Waals surface area contributed by atoms with Gasteiger partial charge in [-0.3, -0.25) is 14.9 Å². The van der Waals surface area contributed by atoms with Gasteiger partial charge in [0, 0.05) is 18.2 Å². The lowest BCUT2D eigenvalue weighted by atomic mass is 9.96. The molecule has 146 valence electrons. The summed E-state index contributed by atoms with van der Waals surface area (Å²) in [7, 11) is 0. The third kappa shape index (κ3) is 6.82. The molecule has 0 spiro atoms. The zero-order valence-corrected chi connectivity index (χ0v) is 17.2. The van der Waals surface area contributed by atoms with Crippen LogP contribution in [0.25, 0.3) is 0 Å². The highest BCUT2D eigenvalue weighted by Crippen LogP contribution is 2.32. The summed E-state index contributed by atoms with van der Waals surface area (Å²) in [4.78, 5) is 22.6. The molecule has 7 heteroatoms. The van der Waals surface area contributed by atoms with Gasteiger partial charge in [-0.15, -0.1) is 24.2 Å². The highest BCUT2D eigenvalue weighted by molar-refractivity contribution is 8.00. The number of carboxylic acid groups (broad SMARTS) is 1. The van der Waals surface area contributed by atoms with E-state index in [9.17, 15) is 9.59 Å². The second-order valence-electron chi connectivity index (χ2n) is 7.04. The number of aliphatic carboxylic acids is 1. The lowest BCUT2D eigenvalue weighted by Gasteiger charge is -2.21. The molecule has 1 aliphatic heterocycles. The summed E-state index contributed by atoms with van der Waals surface area (Å²) in [6.07, 6.45) is 1.04. The largest absolute Gasteiger partial charge is 0.481 e. The summed E-state index contributed by atoms with van der Waals surface area (Å²) in [6.45, 7) is 6.79. The van der Waals surface area contributed by atoms with Crippen LogP contribution in [-0.2, 0) is 16.0 Å². The number of hydrogen-bond acceptors (Lipinski definition) is 4. The van der Waals surface area contributed by atoms with Crippen LogP contribution in [0.3, 0.4) is 0 Å². The number of nitrogens with one attached hydrogen (secondary N) is 2. The van der Waals surface area contributed by atoms with Crippen molar-refractivity contribution in [2.45, 2.75) is 50.9 Å². The second-order valence-corrected chi connectivity index (χ2v) is 8.21. The predicted octanol–water partition coefficient (Wildman–Crippen LogP) is 3.03. The first-order valence-corrected chi connectivity index (χ1v) is 9.87. The van der Waals surface area contributed by atoms with Gasteiger partial charge in [0.2, 0.25) is 5.91 Å². The molecule has 2 rings (SSSR count). The van der Waals surface area contributed by atoms with E-state index in [1.165, 1.54) is 11.1 Å². The summed E-state index contributed by atoms with van der Waals surface area (Å²) in [5, 5.41) is 14.9. The third-order valence-corrected chi connectivity index (χ3v) is 5.80. The van der Waals surface area contributed by atoms with E-state index in [-0.39, 0.29) is 42.7 Å². The molecule has 1 heterocycles. The molecule has 26 heavy (non-hydrogen) atoms. The number of thioether (sulfide) groups is 1. The Hall–Kier alpha value is -1.24. The molecule has 0 radical (unpaired) electrons. The first-order chi connectivity index (χ1) is 11.9. The minimum atomic E-state index is -0.901. The Bertz CT molecular complexity index is 595. The van der Waals surface area contributed by atoms with Crippen LogP contribution in [-0.4, -0.2) is 40.7 Å². The number of halogens is 1. The van der Waals surface area contributed by atoms with Gasteiger partial charge in [0.15, 0.2) is 0 Å². The van der Waals surface area contributed by atoms with E-state index in [2.05, 4.69) is 55.7 Å². The molecule has 1 aromatic rings. The summed E-state index contributed by atoms with van der Waals surface area (Å²) in [5.74, 6) is 0.641. The van der Waals surface area contributed by atoms with Gasteiger partial charge in [-0.1, -0.05) is 45.0 Å². The van der Waals surface area contributed by atoms with Crippen LogP contribution in [0.4, 0.5) is 0 Å². The van der Waals surface area contributed by atoms with E-state index >= 15 is 0 Å². The van der Waals surface area contributed by atoms with Crippen LogP contribution < -0.4 is 10.6 Å². The average Bonchev–Trinajstić information content (AvgIpc) is 3.04. The molecular formula is C19H29ClN2O3S. The van der Waals surface area contributed by atoms with E-state index in [1.807, 2.05) is 0 Å². The standard InChI is InChI=1S/C19H28N2O3S.ClH/c1-12(2)10-14-4-6-15(7-5-14)13(3)19-21-16(11-25-19)18(24)20-9-8-17(22)23;/h4-7,12-13,16,19,21H,8-11H2,1-3H3,(H,20,24)(H,22,23);1H/t13?,16-,19?;/m0./s1. The van der Waals surface area contributed by atoms with Gasteiger partial charge in [-0.25, -0.2) is 0 Å². The normalized spacial score (nSPS) is 20.5. The number of rotatable bonds is 8. The van der Waals surface area contributed by atoms with Crippen molar-refractivity contribution in [3.63, 3.8) is 0 Å². The van der Waals surface area contributed by atoms with Gasteiger partial charge in [0.1, 0.15) is 0 Å². The van der Waals surface area contributed by atoms with Crippen molar-refractivity contribution in [2.75, 3.05) is 12.3 Å². The van der Waals surface area contributed by atoms with Gasteiger partial charge >= 0.3 is 5.97 Å². The fourth-order valence-corrected chi connectivity index (χ4v) is 4.31. The molecule has 0 saturated carbocycles.